The lowest BCUT2D eigenvalue weighted by atomic mass is 10.1. The van der Waals surface area contributed by atoms with Crippen LogP contribution >= 0.6 is 0 Å². The fraction of sp³-hybridized carbons (Fsp3) is 0.444. The molecule has 0 aromatic carbocycles. The van der Waals surface area contributed by atoms with E-state index in [9.17, 15) is 0 Å². The van der Waals surface area contributed by atoms with Crippen molar-refractivity contribution in [3.05, 3.63) is 24.0 Å². The van der Waals surface area contributed by atoms with Crippen LogP contribution in [0.1, 0.15) is 5.69 Å². The van der Waals surface area contributed by atoms with E-state index in [0.717, 1.165) is 11.4 Å². The first kappa shape index (κ1) is 9.95. The molecule has 1 heterocycles. The smallest absolute Gasteiger partial charge is 0.137 e. The van der Waals surface area contributed by atoms with Gasteiger partial charge in [0.05, 0.1) is 19.9 Å². The van der Waals surface area contributed by atoms with Crippen molar-refractivity contribution in [2.75, 3.05) is 13.7 Å². The molecule has 1 rings (SSSR count). The van der Waals surface area contributed by atoms with Crippen LogP contribution < -0.4 is 10.5 Å². The van der Waals surface area contributed by atoms with Gasteiger partial charge < -0.3 is 15.6 Å². The lowest BCUT2D eigenvalue weighted by Crippen LogP contribution is -2.27. The molecule has 0 fully saturated rings. The molecule has 3 N–H and O–H groups in total. The Hall–Kier alpha value is -1.13. The maximum atomic E-state index is 8.72. The van der Waals surface area contributed by atoms with Crippen LogP contribution in [0.15, 0.2) is 18.3 Å². The lowest BCUT2D eigenvalue weighted by Gasteiger charge is -2.07. The number of nitrogens with two attached hydrogens (primary N) is 1. The summed E-state index contributed by atoms with van der Waals surface area (Å²) < 4.78 is 4.96. The Morgan fingerprint density at radius 3 is 2.85 bits per heavy atom. The molecule has 0 aliphatic rings. The Kier molecular flexibility index (Phi) is 3.67. The molecule has 0 aliphatic heterocycles. The van der Waals surface area contributed by atoms with Gasteiger partial charge in [0.2, 0.25) is 0 Å². The van der Waals surface area contributed by atoms with Gasteiger partial charge in [-0.3, -0.25) is 4.98 Å². The number of nitrogens with zero attached hydrogens (tertiary/aromatic N) is 1. The van der Waals surface area contributed by atoms with Gasteiger partial charge in [-0.1, -0.05) is 0 Å². The first-order valence-corrected chi connectivity index (χ1v) is 4.11. The van der Waals surface area contributed by atoms with Crippen LogP contribution in [0, 0.1) is 0 Å². The van der Waals surface area contributed by atoms with E-state index in [0.29, 0.717) is 6.42 Å². The minimum absolute atomic E-state index is 0.0201. The monoisotopic (exact) mass is 182 g/mol. The average molecular weight is 182 g/mol. The zero-order valence-corrected chi connectivity index (χ0v) is 7.60. The van der Waals surface area contributed by atoms with Crippen LogP contribution in [0.25, 0.3) is 0 Å². The fourth-order valence-electron chi connectivity index (χ4n) is 0.986. The van der Waals surface area contributed by atoms with Gasteiger partial charge in [-0.25, -0.2) is 0 Å². The van der Waals surface area contributed by atoms with E-state index >= 15 is 0 Å². The molecule has 1 unspecified atom stereocenters. The summed E-state index contributed by atoms with van der Waals surface area (Å²) in [7, 11) is 1.59. The zero-order valence-electron chi connectivity index (χ0n) is 7.60. The van der Waals surface area contributed by atoms with Crippen molar-refractivity contribution in [1.29, 1.82) is 0 Å². The first-order chi connectivity index (χ1) is 6.26. The number of hydrogen-bond acceptors (Lipinski definition) is 4. The molecular weight excluding hydrogens is 168 g/mol. The van der Waals surface area contributed by atoms with Crippen molar-refractivity contribution in [2.24, 2.45) is 5.73 Å². The molecular formula is C9H14N2O2. The molecule has 0 saturated heterocycles. The van der Waals surface area contributed by atoms with Gasteiger partial charge in [0.1, 0.15) is 5.75 Å². The van der Waals surface area contributed by atoms with Crippen LogP contribution in [0.4, 0.5) is 0 Å². The maximum absolute atomic E-state index is 8.72. The number of hydrogen-bond donors (Lipinski definition) is 2. The van der Waals surface area contributed by atoms with Crippen molar-refractivity contribution in [1.82, 2.24) is 4.98 Å². The van der Waals surface area contributed by atoms with Crippen molar-refractivity contribution < 1.29 is 9.84 Å². The predicted octanol–water partition coefficient (Wildman–Crippen LogP) is -0.0477. The van der Waals surface area contributed by atoms with Gasteiger partial charge >= 0.3 is 0 Å². The Labute approximate surface area is 77.4 Å². The van der Waals surface area contributed by atoms with Crippen LogP contribution in [0.5, 0.6) is 5.75 Å². The molecule has 0 aliphatic carbocycles. The predicted molar refractivity (Wildman–Crippen MR) is 49.6 cm³/mol. The number of rotatable bonds is 4. The fourth-order valence-corrected chi connectivity index (χ4v) is 0.986. The Bertz CT molecular complexity index is 248. The van der Waals surface area contributed by atoms with Crippen molar-refractivity contribution >= 4 is 0 Å². The van der Waals surface area contributed by atoms with Crippen LogP contribution in [0.2, 0.25) is 0 Å². The normalized spacial score (nSPS) is 12.5. The molecule has 0 bridgehead atoms. The zero-order chi connectivity index (χ0) is 9.68. The third kappa shape index (κ3) is 3.01. The summed E-state index contributed by atoms with van der Waals surface area (Å²) >= 11 is 0. The third-order valence-corrected chi connectivity index (χ3v) is 1.74. The van der Waals surface area contributed by atoms with Crippen LogP contribution in [0.3, 0.4) is 0 Å². The number of aromatic nitrogens is 1. The molecule has 0 spiro atoms. The first-order valence-electron chi connectivity index (χ1n) is 4.11. The standard InChI is InChI=1S/C9H14N2O2/c1-13-9-3-2-8(11-5-9)4-7(10)6-12/h2-3,5,7,12H,4,6,10H2,1H3. The molecule has 1 atom stereocenters. The summed E-state index contributed by atoms with van der Waals surface area (Å²) in [6, 6.07) is 3.43. The minimum Gasteiger partial charge on any atom is -0.495 e. The summed E-state index contributed by atoms with van der Waals surface area (Å²) in [5.41, 5.74) is 6.42. The van der Waals surface area contributed by atoms with Gasteiger partial charge in [-0.15, -0.1) is 0 Å². The van der Waals surface area contributed by atoms with E-state index < -0.39 is 0 Å². The summed E-state index contributed by atoms with van der Waals surface area (Å²) in [6.45, 7) is -0.0201. The van der Waals surface area contributed by atoms with Gasteiger partial charge in [-0.2, -0.15) is 0 Å². The number of aliphatic hydroxyl groups excluding tert-OH is 1. The van der Waals surface area contributed by atoms with E-state index in [1.165, 1.54) is 0 Å². The number of ether oxygens (including phenoxy) is 1. The van der Waals surface area contributed by atoms with Crippen molar-refractivity contribution in [3.63, 3.8) is 0 Å². The van der Waals surface area contributed by atoms with E-state index in [1.54, 1.807) is 13.3 Å². The van der Waals surface area contributed by atoms with Crippen LogP contribution in [-0.4, -0.2) is 29.8 Å². The van der Waals surface area contributed by atoms with E-state index in [2.05, 4.69) is 4.98 Å². The second-order valence-electron chi connectivity index (χ2n) is 2.84. The highest BCUT2D eigenvalue weighted by molar-refractivity contribution is 5.20. The van der Waals surface area contributed by atoms with Crippen LogP contribution in [-0.2, 0) is 6.42 Å². The molecule has 13 heavy (non-hydrogen) atoms. The minimum atomic E-state index is -0.235. The van der Waals surface area contributed by atoms with Gasteiger partial charge in [0.15, 0.2) is 0 Å². The topological polar surface area (TPSA) is 68.4 Å². The highest BCUT2D eigenvalue weighted by Gasteiger charge is 2.03. The average Bonchev–Trinajstić information content (AvgIpc) is 2.19. The Morgan fingerprint density at radius 1 is 1.62 bits per heavy atom. The maximum Gasteiger partial charge on any atom is 0.137 e. The molecule has 1 aromatic rings. The second kappa shape index (κ2) is 4.79. The van der Waals surface area contributed by atoms with Gasteiger partial charge in [0.25, 0.3) is 0 Å². The van der Waals surface area contributed by atoms with E-state index in [-0.39, 0.29) is 12.6 Å². The molecule has 4 nitrogen and oxygen atoms in total. The van der Waals surface area contributed by atoms with E-state index in [1.807, 2.05) is 12.1 Å². The summed E-state index contributed by atoms with van der Waals surface area (Å²) in [4.78, 5) is 4.12. The largest absolute Gasteiger partial charge is 0.495 e. The number of aliphatic hydroxyl groups is 1. The summed E-state index contributed by atoms with van der Waals surface area (Å²) in [6.07, 6.45) is 2.22. The Balaban J connectivity index is 2.58. The van der Waals surface area contributed by atoms with Gasteiger partial charge in [0, 0.05) is 18.2 Å². The van der Waals surface area contributed by atoms with Gasteiger partial charge in [-0.05, 0) is 12.1 Å². The van der Waals surface area contributed by atoms with Crippen molar-refractivity contribution in [3.8, 4) is 5.75 Å². The van der Waals surface area contributed by atoms with Crippen molar-refractivity contribution in [2.45, 2.75) is 12.5 Å². The summed E-state index contributed by atoms with van der Waals surface area (Å²) in [5, 5.41) is 8.72. The number of pyridine rings is 1. The molecule has 0 saturated carbocycles. The Morgan fingerprint density at radius 2 is 2.38 bits per heavy atom. The molecule has 0 amide bonds. The summed E-state index contributed by atoms with van der Waals surface area (Å²) in [5.74, 6) is 0.723. The SMILES string of the molecule is COc1ccc(CC(N)CO)nc1. The molecule has 0 radical (unpaired) electrons. The second-order valence-corrected chi connectivity index (χ2v) is 2.84. The lowest BCUT2D eigenvalue weighted by molar-refractivity contribution is 0.264. The number of methoxy groups -OCH3 is 1. The molecule has 1 aromatic heterocycles. The quantitative estimate of drug-likeness (QED) is 0.685. The highest BCUT2D eigenvalue weighted by Crippen LogP contribution is 2.08. The molecule has 4 heteroatoms. The molecule has 72 valence electrons. The third-order valence-electron chi connectivity index (χ3n) is 1.74. The van der Waals surface area contributed by atoms with E-state index in [4.69, 9.17) is 15.6 Å². The highest BCUT2D eigenvalue weighted by atomic mass is 16.5.